The van der Waals surface area contributed by atoms with Crippen molar-refractivity contribution in [3.63, 3.8) is 0 Å². The van der Waals surface area contributed by atoms with Gasteiger partial charge in [0.15, 0.2) is 5.65 Å². The van der Waals surface area contributed by atoms with Crippen LogP contribution in [0.1, 0.15) is 39.9 Å². The average Bonchev–Trinajstić information content (AvgIpc) is 2.61. The molecule has 8 nitrogen and oxygen atoms in total. The maximum atomic E-state index is 12.8. The van der Waals surface area contributed by atoms with Gasteiger partial charge in [0.05, 0.1) is 6.61 Å². The molecule has 2 rings (SSSR count). The van der Waals surface area contributed by atoms with E-state index in [2.05, 4.69) is 9.97 Å². The lowest BCUT2D eigenvalue weighted by molar-refractivity contribution is -0.142. The number of aromatic nitrogens is 4. The van der Waals surface area contributed by atoms with Gasteiger partial charge in [-0.1, -0.05) is 32.5 Å². The quantitative estimate of drug-likeness (QED) is 0.400. The fourth-order valence-corrected chi connectivity index (χ4v) is 3.74. The van der Waals surface area contributed by atoms with Gasteiger partial charge in [0.1, 0.15) is 21.5 Å². The maximum absolute atomic E-state index is 12.8. The first kappa shape index (κ1) is 21.1. The SMILES string of the molecule is CCOC(=O)[C@@H](CC)Sc1nc(CC(C)C)nc2c1c(=O)n(C)c(=O)n2C. The summed E-state index contributed by atoms with van der Waals surface area (Å²) in [5, 5.41) is 0.170. The molecule has 0 bridgehead atoms. The third kappa shape index (κ3) is 4.40. The number of ether oxygens (including phenoxy) is 1. The van der Waals surface area contributed by atoms with Crippen molar-refractivity contribution in [2.45, 2.75) is 50.8 Å². The standard InChI is InChI=1S/C18H26N4O4S/c1-7-11(17(24)26-8-2)27-15-13-14(19-12(20-15)9-10(3)4)21(5)18(25)22(6)16(13)23/h10-11H,7-9H2,1-6H3/t11-/m1/s1. The molecule has 27 heavy (non-hydrogen) atoms. The molecule has 0 aliphatic heterocycles. The minimum Gasteiger partial charge on any atom is -0.465 e. The molecule has 1 atom stereocenters. The maximum Gasteiger partial charge on any atom is 0.332 e. The van der Waals surface area contributed by atoms with Gasteiger partial charge < -0.3 is 4.74 Å². The second kappa shape index (κ2) is 8.69. The van der Waals surface area contributed by atoms with E-state index in [0.717, 1.165) is 4.57 Å². The van der Waals surface area contributed by atoms with E-state index in [9.17, 15) is 14.4 Å². The molecule has 0 saturated carbocycles. The highest BCUT2D eigenvalue weighted by molar-refractivity contribution is 8.00. The van der Waals surface area contributed by atoms with Crippen molar-refractivity contribution in [1.29, 1.82) is 0 Å². The van der Waals surface area contributed by atoms with E-state index in [1.807, 2.05) is 20.8 Å². The number of fused-ring (bicyclic) bond motifs is 1. The van der Waals surface area contributed by atoms with Gasteiger partial charge in [-0.2, -0.15) is 0 Å². The number of hydrogen-bond donors (Lipinski definition) is 0. The molecule has 0 radical (unpaired) electrons. The highest BCUT2D eigenvalue weighted by atomic mass is 32.2. The zero-order valence-electron chi connectivity index (χ0n) is 16.6. The van der Waals surface area contributed by atoms with Gasteiger partial charge in [-0.05, 0) is 19.3 Å². The van der Waals surface area contributed by atoms with Gasteiger partial charge in [-0.15, -0.1) is 0 Å². The van der Waals surface area contributed by atoms with Crippen LogP contribution in [0.3, 0.4) is 0 Å². The highest BCUT2D eigenvalue weighted by Gasteiger charge is 2.24. The Morgan fingerprint density at radius 1 is 1.15 bits per heavy atom. The summed E-state index contributed by atoms with van der Waals surface area (Å²) in [4.78, 5) is 46.3. The van der Waals surface area contributed by atoms with Crippen LogP contribution in [-0.4, -0.2) is 36.9 Å². The molecule has 9 heteroatoms. The van der Waals surface area contributed by atoms with Gasteiger partial charge >= 0.3 is 11.7 Å². The van der Waals surface area contributed by atoms with Gasteiger partial charge in [0, 0.05) is 20.5 Å². The second-order valence-corrected chi connectivity index (χ2v) is 7.91. The lowest BCUT2D eigenvalue weighted by Crippen LogP contribution is -2.38. The summed E-state index contributed by atoms with van der Waals surface area (Å²) in [6.07, 6.45) is 1.13. The summed E-state index contributed by atoms with van der Waals surface area (Å²) in [5.41, 5.74) is -0.629. The second-order valence-electron chi connectivity index (χ2n) is 6.71. The van der Waals surface area contributed by atoms with Gasteiger partial charge in [0.25, 0.3) is 5.56 Å². The van der Waals surface area contributed by atoms with Crippen molar-refractivity contribution in [1.82, 2.24) is 19.1 Å². The van der Waals surface area contributed by atoms with Gasteiger partial charge in [0.2, 0.25) is 0 Å². The highest BCUT2D eigenvalue weighted by Crippen LogP contribution is 2.29. The van der Waals surface area contributed by atoms with E-state index >= 15 is 0 Å². The molecule has 0 N–H and O–H groups in total. The first-order valence-electron chi connectivity index (χ1n) is 9.01. The third-order valence-corrected chi connectivity index (χ3v) is 5.41. The van der Waals surface area contributed by atoms with Crippen LogP contribution in [0.15, 0.2) is 14.6 Å². The summed E-state index contributed by atoms with van der Waals surface area (Å²) in [5.74, 6) is 0.502. The topological polar surface area (TPSA) is 96.1 Å². The Labute approximate surface area is 162 Å². The molecule has 148 valence electrons. The molecule has 0 aliphatic carbocycles. The minimum atomic E-state index is -0.489. The number of rotatable bonds is 7. The number of carbonyl (C=O) groups excluding carboxylic acids is 1. The molecular formula is C18H26N4O4S. The van der Waals surface area contributed by atoms with Crippen molar-refractivity contribution < 1.29 is 9.53 Å². The zero-order valence-corrected chi connectivity index (χ0v) is 17.4. The van der Waals surface area contributed by atoms with E-state index in [4.69, 9.17) is 4.74 Å². The Kier molecular flexibility index (Phi) is 6.80. The molecule has 2 aromatic rings. The number of esters is 1. The van der Waals surface area contributed by atoms with Crippen molar-refractivity contribution in [2.75, 3.05) is 6.61 Å². The monoisotopic (exact) mass is 394 g/mol. The zero-order chi connectivity index (χ0) is 20.3. The van der Waals surface area contributed by atoms with Crippen LogP contribution in [0.4, 0.5) is 0 Å². The van der Waals surface area contributed by atoms with Gasteiger partial charge in [-0.25, -0.2) is 14.8 Å². The lowest BCUT2D eigenvalue weighted by atomic mass is 10.1. The van der Waals surface area contributed by atoms with Crippen LogP contribution >= 0.6 is 11.8 Å². The average molecular weight is 394 g/mol. The number of thioether (sulfide) groups is 1. The smallest absolute Gasteiger partial charge is 0.332 e. The van der Waals surface area contributed by atoms with E-state index in [0.29, 0.717) is 29.6 Å². The van der Waals surface area contributed by atoms with Crippen molar-refractivity contribution in [2.24, 2.45) is 20.0 Å². The predicted molar refractivity (Wildman–Crippen MR) is 105 cm³/mol. The molecule has 0 aromatic carbocycles. The predicted octanol–water partition coefficient (Wildman–Crippen LogP) is 1.66. The first-order valence-corrected chi connectivity index (χ1v) is 9.89. The Morgan fingerprint density at radius 3 is 2.37 bits per heavy atom. The number of hydrogen-bond acceptors (Lipinski definition) is 7. The van der Waals surface area contributed by atoms with Crippen LogP contribution in [0.5, 0.6) is 0 Å². The first-order chi connectivity index (χ1) is 12.7. The van der Waals surface area contributed by atoms with E-state index < -0.39 is 16.5 Å². The van der Waals surface area contributed by atoms with Crippen LogP contribution in [0, 0.1) is 5.92 Å². The molecular weight excluding hydrogens is 368 g/mol. The molecule has 0 fully saturated rings. The fourth-order valence-electron chi connectivity index (χ4n) is 2.68. The summed E-state index contributed by atoms with van der Waals surface area (Å²) < 4.78 is 7.50. The van der Waals surface area contributed by atoms with E-state index in [1.165, 1.54) is 23.4 Å². The molecule has 2 heterocycles. The number of aryl methyl sites for hydroxylation is 1. The molecule has 0 saturated heterocycles. The summed E-state index contributed by atoms with van der Waals surface area (Å²) >= 11 is 1.19. The summed E-state index contributed by atoms with van der Waals surface area (Å²) in [7, 11) is 3.00. The van der Waals surface area contributed by atoms with E-state index in [-0.39, 0.29) is 23.6 Å². The minimum absolute atomic E-state index is 0.250. The molecule has 0 amide bonds. The van der Waals surface area contributed by atoms with Crippen LogP contribution in [0.2, 0.25) is 0 Å². The Hall–Kier alpha value is -2.16. The van der Waals surface area contributed by atoms with E-state index in [1.54, 1.807) is 14.0 Å². The molecule has 0 aliphatic rings. The van der Waals surface area contributed by atoms with Crippen LogP contribution < -0.4 is 11.2 Å². The molecule has 2 aromatic heterocycles. The van der Waals surface area contributed by atoms with Gasteiger partial charge in [-0.3, -0.25) is 18.7 Å². The Morgan fingerprint density at radius 2 is 1.81 bits per heavy atom. The number of carbonyl (C=O) groups is 1. The van der Waals surface area contributed by atoms with Crippen molar-refractivity contribution in [3.8, 4) is 0 Å². The largest absolute Gasteiger partial charge is 0.465 e. The summed E-state index contributed by atoms with van der Waals surface area (Å²) in [6.45, 7) is 7.99. The van der Waals surface area contributed by atoms with Crippen molar-refractivity contribution in [3.05, 3.63) is 26.7 Å². The number of nitrogens with zero attached hydrogens (tertiary/aromatic N) is 4. The molecule has 0 unspecified atom stereocenters. The lowest BCUT2D eigenvalue weighted by Gasteiger charge is -2.16. The molecule has 0 spiro atoms. The Bertz CT molecular complexity index is 964. The normalized spacial score (nSPS) is 12.6. The Balaban J connectivity index is 2.73. The third-order valence-electron chi connectivity index (χ3n) is 4.08. The van der Waals surface area contributed by atoms with Crippen LogP contribution in [-0.2, 0) is 30.0 Å². The summed E-state index contributed by atoms with van der Waals surface area (Å²) in [6, 6.07) is 0. The fraction of sp³-hybridized carbons (Fsp3) is 0.611. The van der Waals surface area contributed by atoms with Crippen LogP contribution in [0.25, 0.3) is 11.0 Å². The van der Waals surface area contributed by atoms with Crippen molar-refractivity contribution >= 4 is 28.8 Å².